The van der Waals surface area contributed by atoms with Crippen LogP contribution in [-0.2, 0) is 4.79 Å². The number of nitrogens with zero attached hydrogens (tertiary/aromatic N) is 2. The summed E-state index contributed by atoms with van der Waals surface area (Å²) >= 11 is 1.35. The molecule has 0 aliphatic heterocycles. The molecule has 5 nitrogen and oxygen atoms in total. The highest BCUT2D eigenvalue weighted by Crippen LogP contribution is 2.21. The van der Waals surface area contributed by atoms with Gasteiger partial charge in [0.15, 0.2) is 5.16 Å². The molecule has 100 valence electrons. The van der Waals surface area contributed by atoms with E-state index in [9.17, 15) is 4.79 Å². The number of hydrogen-bond donors (Lipinski definition) is 2. The Labute approximate surface area is 116 Å². The fourth-order valence-corrected chi connectivity index (χ4v) is 2.37. The van der Waals surface area contributed by atoms with Gasteiger partial charge in [-0.05, 0) is 32.4 Å². The molecule has 0 saturated carbocycles. The van der Waals surface area contributed by atoms with Crippen molar-refractivity contribution in [2.24, 2.45) is 0 Å². The predicted molar refractivity (Wildman–Crippen MR) is 76.2 cm³/mol. The fraction of sp³-hybridized carbons (Fsp3) is 0.308. The molecule has 1 amide bonds. The van der Waals surface area contributed by atoms with Crippen LogP contribution >= 0.6 is 11.8 Å². The first-order chi connectivity index (χ1) is 9.06. The summed E-state index contributed by atoms with van der Waals surface area (Å²) in [6.45, 7) is 5.85. The second-order valence-electron chi connectivity index (χ2n) is 4.36. The second kappa shape index (κ2) is 5.88. The summed E-state index contributed by atoms with van der Waals surface area (Å²) in [6.07, 6.45) is 1.43. The number of aromatic amines is 1. The van der Waals surface area contributed by atoms with Gasteiger partial charge in [0.25, 0.3) is 0 Å². The first-order valence-corrected chi connectivity index (χ1v) is 6.84. The van der Waals surface area contributed by atoms with Crippen LogP contribution in [0.1, 0.15) is 18.1 Å². The molecule has 0 saturated heterocycles. The van der Waals surface area contributed by atoms with Crippen LogP contribution in [0.5, 0.6) is 0 Å². The van der Waals surface area contributed by atoms with Gasteiger partial charge in [-0.2, -0.15) is 5.10 Å². The largest absolute Gasteiger partial charge is 0.325 e. The molecule has 1 aromatic heterocycles. The van der Waals surface area contributed by atoms with E-state index in [1.54, 1.807) is 0 Å². The lowest BCUT2D eigenvalue weighted by molar-refractivity contribution is -0.115. The monoisotopic (exact) mass is 276 g/mol. The number of nitrogens with one attached hydrogen (secondary N) is 2. The van der Waals surface area contributed by atoms with E-state index < -0.39 is 0 Å². The maximum absolute atomic E-state index is 12.1. The summed E-state index contributed by atoms with van der Waals surface area (Å²) in [7, 11) is 0. The molecule has 0 fully saturated rings. The summed E-state index contributed by atoms with van der Waals surface area (Å²) in [5.74, 6) is -0.0478. The van der Waals surface area contributed by atoms with Crippen molar-refractivity contribution in [1.29, 1.82) is 0 Å². The standard InChI is InChI=1S/C13H16N4OS/c1-8-4-5-11(9(2)6-8)16-12(18)10(3)19-13-14-7-15-17-13/h4-7,10H,1-3H3,(H,16,18)(H,14,15,17). The normalized spacial score (nSPS) is 12.2. The number of carbonyl (C=O) groups is 1. The molecule has 1 heterocycles. The third-order valence-corrected chi connectivity index (χ3v) is 3.68. The summed E-state index contributed by atoms with van der Waals surface area (Å²) in [4.78, 5) is 16.1. The number of aromatic nitrogens is 3. The Balaban J connectivity index is 2.00. The Morgan fingerprint density at radius 1 is 1.42 bits per heavy atom. The Morgan fingerprint density at radius 2 is 2.21 bits per heavy atom. The Hall–Kier alpha value is -1.82. The SMILES string of the molecule is Cc1ccc(NC(=O)C(C)Sc2ncn[nH]2)c(C)c1. The highest BCUT2D eigenvalue weighted by atomic mass is 32.2. The fourth-order valence-electron chi connectivity index (χ4n) is 1.66. The van der Waals surface area contributed by atoms with Gasteiger partial charge in [-0.3, -0.25) is 9.89 Å². The van der Waals surface area contributed by atoms with Gasteiger partial charge >= 0.3 is 0 Å². The molecular formula is C13H16N4OS. The van der Waals surface area contributed by atoms with Gasteiger partial charge in [0, 0.05) is 5.69 Å². The number of benzene rings is 1. The molecular weight excluding hydrogens is 260 g/mol. The molecule has 1 atom stereocenters. The topological polar surface area (TPSA) is 70.7 Å². The summed E-state index contributed by atoms with van der Waals surface area (Å²) < 4.78 is 0. The summed E-state index contributed by atoms with van der Waals surface area (Å²) in [6, 6.07) is 5.95. The quantitative estimate of drug-likeness (QED) is 0.842. The van der Waals surface area contributed by atoms with Crippen LogP contribution in [-0.4, -0.2) is 26.3 Å². The second-order valence-corrected chi connectivity index (χ2v) is 5.69. The van der Waals surface area contributed by atoms with Gasteiger partial charge < -0.3 is 5.32 Å². The van der Waals surface area contributed by atoms with Crippen LogP contribution in [0, 0.1) is 13.8 Å². The molecule has 19 heavy (non-hydrogen) atoms. The highest BCUT2D eigenvalue weighted by Gasteiger charge is 2.16. The molecule has 6 heteroatoms. The van der Waals surface area contributed by atoms with Gasteiger partial charge in [0.2, 0.25) is 5.91 Å². The number of H-pyrrole nitrogens is 1. The molecule has 0 spiro atoms. The number of amides is 1. The van der Waals surface area contributed by atoms with E-state index >= 15 is 0 Å². The van der Waals surface area contributed by atoms with Crippen molar-refractivity contribution in [3.63, 3.8) is 0 Å². The zero-order valence-electron chi connectivity index (χ0n) is 11.1. The van der Waals surface area contributed by atoms with Crippen molar-refractivity contribution < 1.29 is 4.79 Å². The van der Waals surface area contributed by atoms with Crippen molar-refractivity contribution >= 4 is 23.4 Å². The molecule has 0 bridgehead atoms. The van der Waals surface area contributed by atoms with Gasteiger partial charge in [-0.25, -0.2) is 4.98 Å². The predicted octanol–water partition coefficient (Wildman–Crippen LogP) is 2.54. The molecule has 1 aromatic carbocycles. The minimum absolute atomic E-state index is 0.0478. The third-order valence-electron chi connectivity index (χ3n) is 2.69. The maximum Gasteiger partial charge on any atom is 0.237 e. The molecule has 0 aliphatic rings. The van der Waals surface area contributed by atoms with Crippen molar-refractivity contribution in [1.82, 2.24) is 15.2 Å². The van der Waals surface area contributed by atoms with Crippen molar-refractivity contribution in [3.05, 3.63) is 35.7 Å². The van der Waals surface area contributed by atoms with E-state index in [4.69, 9.17) is 0 Å². The molecule has 0 aliphatic carbocycles. The summed E-state index contributed by atoms with van der Waals surface area (Å²) in [5, 5.41) is 9.81. The zero-order chi connectivity index (χ0) is 13.8. The summed E-state index contributed by atoms with van der Waals surface area (Å²) in [5.41, 5.74) is 3.09. The average Bonchev–Trinajstić information content (AvgIpc) is 2.85. The van der Waals surface area contributed by atoms with Crippen LogP contribution in [0.15, 0.2) is 29.7 Å². The zero-order valence-corrected chi connectivity index (χ0v) is 11.9. The van der Waals surface area contributed by atoms with Gasteiger partial charge in [-0.15, -0.1) is 0 Å². The van der Waals surface area contributed by atoms with E-state index in [0.29, 0.717) is 5.16 Å². The Kier molecular flexibility index (Phi) is 4.21. The van der Waals surface area contributed by atoms with E-state index in [0.717, 1.165) is 11.3 Å². The maximum atomic E-state index is 12.1. The lowest BCUT2D eigenvalue weighted by Crippen LogP contribution is -2.23. The average molecular weight is 276 g/mol. The minimum atomic E-state index is -0.242. The van der Waals surface area contributed by atoms with Gasteiger partial charge in [0.05, 0.1) is 5.25 Å². The first kappa shape index (κ1) is 13.6. The number of carbonyl (C=O) groups excluding carboxylic acids is 1. The number of thioether (sulfide) groups is 1. The minimum Gasteiger partial charge on any atom is -0.325 e. The van der Waals surface area contributed by atoms with Crippen molar-refractivity contribution in [3.8, 4) is 0 Å². The Morgan fingerprint density at radius 3 is 2.84 bits per heavy atom. The first-order valence-electron chi connectivity index (χ1n) is 5.96. The Bertz CT molecular complexity index is 568. The molecule has 1 unspecified atom stereocenters. The van der Waals surface area contributed by atoms with Crippen LogP contribution in [0.4, 0.5) is 5.69 Å². The van der Waals surface area contributed by atoms with E-state index in [1.165, 1.54) is 23.7 Å². The molecule has 2 N–H and O–H groups in total. The lowest BCUT2D eigenvalue weighted by atomic mass is 10.1. The number of anilines is 1. The van der Waals surface area contributed by atoms with E-state index in [2.05, 4.69) is 20.5 Å². The van der Waals surface area contributed by atoms with Gasteiger partial charge in [-0.1, -0.05) is 29.5 Å². The van der Waals surface area contributed by atoms with Crippen molar-refractivity contribution in [2.75, 3.05) is 5.32 Å². The number of hydrogen-bond acceptors (Lipinski definition) is 4. The van der Waals surface area contributed by atoms with E-state index in [-0.39, 0.29) is 11.2 Å². The molecule has 2 aromatic rings. The van der Waals surface area contributed by atoms with Crippen LogP contribution in [0.3, 0.4) is 0 Å². The molecule has 2 rings (SSSR count). The van der Waals surface area contributed by atoms with Crippen LogP contribution < -0.4 is 5.32 Å². The van der Waals surface area contributed by atoms with Crippen LogP contribution in [0.2, 0.25) is 0 Å². The highest BCUT2D eigenvalue weighted by molar-refractivity contribution is 8.00. The lowest BCUT2D eigenvalue weighted by Gasteiger charge is -2.12. The van der Waals surface area contributed by atoms with Crippen molar-refractivity contribution in [2.45, 2.75) is 31.2 Å². The smallest absolute Gasteiger partial charge is 0.237 e. The third kappa shape index (κ3) is 3.57. The molecule has 0 radical (unpaired) electrons. The number of rotatable bonds is 4. The van der Waals surface area contributed by atoms with E-state index in [1.807, 2.05) is 39.0 Å². The van der Waals surface area contributed by atoms with Gasteiger partial charge in [0.1, 0.15) is 6.33 Å². The number of aryl methyl sites for hydroxylation is 2. The van der Waals surface area contributed by atoms with Crippen LogP contribution in [0.25, 0.3) is 0 Å².